The number of hydrogen-bond donors (Lipinski definition) is 1. The summed E-state index contributed by atoms with van der Waals surface area (Å²) >= 11 is 6.34. The number of nitrogens with one attached hydrogen (secondary N) is 1. The Morgan fingerprint density at radius 1 is 1.04 bits per heavy atom. The highest BCUT2D eigenvalue weighted by Gasteiger charge is 2.41. The molecule has 1 amide bonds. The number of anilines is 2. The number of halogens is 1. The fourth-order valence-corrected chi connectivity index (χ4v) is 6.37. The summed E-state index contributed by atoms with van der Waals surface area (Å²) in [5.41, 5.74) is 2.45. The molecule has 1 aromatic heterocycles. The predicted molar refractivity (Wildman–Crippen MR) is 180 cm³/mol. The quantitative estimate of drug-likeness (QED) is 0.242. The molecule has 0 saturated carbocycles. The summed E-state index contributed by atoms with van der Waals surface area (Å²) in [5, 5.41) is 21.9. The average Bonchev–Trinajstić information content (AvgIpc) is 3.44. The number of ether oxygens (including phenoxy) is 1. The van der Waals surface area contributed by atoms with Crippen molar-refractivity contribution in [2.24, 2.45) is 0 Å². The molecule has 0 spiro atoms. The highest BCUT2D eigenvalue weighted by Crippen LogP contribution is 2.39. The lowest BCUT2D eigenvalue weighted by atomic mass is 10.1. The normalized spacial score (nSPS) is 15.8. The molecule has 1 N–H and O–H groups in total. The molecule has 2 heterocycles. The zero-order valence-electron chi connectivity index (χ0n) is 27.8. The van der Waals surface area contributed by atoms with Crippen LogP contribution in [0.25, 0.3) is 11.5 Å². The molecule has 0 bridgehead atoms. The molecule has 2 atom stereocenters. The van der Waals surface area contributed by atoms with Gasteiger partial charge in [0.1, 0.15) is 17.7 Å². The van der Waals surface area contributed by atoms with Crippen LogP contribution in [0.2, 0.25) is 23.2 Å². The van der Waals surface area contributed by atoms with E-state index < -0.39 is 20.0 Å². The Kier molecular flexibility index (Phi) is 10.2. The van der Waals surface area contributed by atoms with Gasteiger partial charge < -0.3 is 28.7 Å². The van der Waals surface area contributed by atoms with Crippen molar-refractivity contribution in [2.75, 3.05) is 36.4 Å². The summed E-state index contributed by atoms with van der Waals surface area (Å²) in [6.45, 7) is 21.2. The zero-order chi connectivity index (χ0) is 33.2. The van der Waals surface area contributed by atoms with Gasteiger partial charge in [0.25, 0.3) is 0 Å². The van der Waals surface area contributed by atoms with Crippen LogP contribution in [0.5, 0.6) is 0 Å². The van der Waals surface area contributed by atoms with E-state index in [1.807, 2.05) is 52.0 Å². The lowest BCUT2D eigenvalue weighted by molar-refractivity contribution is 0.0240. The maximum absolute atomic E-state index is 12.4. The molecule has 10 nitrogen and oxygen atoms in total. The third-order valence-electron chi connectivity index (χ3n) is 8.29. The molecule has 1 fully saturated rings. The van der Waals surface area contributed by atoms with Crippen molar-refractivity contribution in [3.8, 4) is 17.5 Å². The summed E-state index contributed by atoms with van der Waals surface area (Å²) in [4.78, 5) is 16.4. The van der Waals surface area contributed by atoms with Gasteiger partial charge in [-0.1, -0.05) is 32.4 Å². The first-order chi connectivity index (χ1) is 21.0. The number of amides is 1. The van der Waals surface area contributed by atoms with Crippen LogP contribution in [0.3, 0.4) is 0 Å². The van der Waals surface area contributed by atoms with E-state index in [0.29, 0.717) is 54.2 Å². The minimum Gasteiger partial charge on any atom is -0.444 e. The molecule has 3 aromatic rings. The monoisotopic (exact) mass is 652 g/mol. The van der Waals surface area contributed by atoms with Crippen molar-refractivity contribution in [1.82, 2.24) is 15.1 Å². The van der Waals surface area contributed by atoms with Crippen molar-refractivity contribution in [2.45, 2.75) is 84.3 Å². The van der Waals surface area contributed by atoms with E-state index >= 15 is 0 Å². The molecule has 1 aliphatic heterocycles. The number of aromatic nitrogens is 2. The molecule has 1 aliphatic rings. The van der Waals surface area contributed by atoms with E-state index in [9.17, 15) is 10.1 Å². The molecule has 45 heavy (non-hydrogen) atoms. The Labute approximate surface area is 272 Å². The number of carbonyl (C=O) groups is 1. The smallest absolute Gasteiger partial charge is 0.410 e. The van der Waals surface area contributed by atoms with Crippen molar-refractivity contribution < 1.29 is 18.4 Å². The summed E-state index contributed by atoms with van der Waals surface area (Å²) in [5.74, 6) is 0.787. The molecule has 12 heteroatoms. The van der Waals surface area contributed by atoms with Gasteiger partial charge in [0.2, 0.25) is 11.8 Å². The van der Waals surface area contributed by atoms with Crippen LogP contribution < -0.4 is 10.2 Å². The standard InChI is InChI=1S/C33H45ClN6O4Si/c1-22(44-45(8,9)33(5,6)7)28(36-25-13-10-24(21-35)27(34)20-25)30-38-37-29(42-30)23-11-14-26(15-12-23)39-16-18-40(19-17-39)31(41)43-32(2,3)4/h10-15,20,22,28,36H,16-19H2,1-9H3. The third-order valence-corrected chi connectivity index (χ3v) is 13.2. The average molecular weight is 653 g/mol. The lowest BCUT2D eigenvalue weighted by Crippen LogP contribution is -2.50. The van der Waals surface area contributed by atoms with E-state index in [0.717, 1.165) is 11.3 Å². The molecule has 0 radical (unpaired) electrons. The maximum atomic E-state index is 12.4. The highest BCUT2D eigenvalue weighted by atomic mass is 35.5. The van der Waals surface area contributed by atoms with Crippen molar-refractivity contribution in [1.29, 1.82) is 5.26 Å². The van der Waals surface area contributed by atoms with Crippen molar-refractivity contribution in [3.05, 3.63) is 58.9 Å². The van der Waals surface area contributed by atoms with Crippen LogP contribution >= 0.6 is 11.6 Å². The van der Waals surface area contributed by atoms with Crippen LogP contribution in [-0.4, -0.2) is 67.4 Å². The number of piperazine rings is 1. The summed E-state index contributed by atoms with van der Waals surface area (Å²) < 4.78 is 18.5. The van der Waals surface area contributed by atoms with Gasteiger partial charge in [0.05, 0.1) is 16.7 Å². The van der Waals surface area contributed by atoms with E-state index in [1.54, 1.807) is 23.1 Å². The Hall–Kier alpha value is -3.59. The highest BCUT2D eigenvalue weighted by molar-refractivity contribution is 6.74. The first-order valence-electron chi connectivity index (χ1n) is 15.3. The summed E-state index contributed by atoms with van der Waals surface area (Å²) in [7, 11) is -2.14. The zero-order valence-corrected chi connectivity index (χ0v) is 29.5. The van der Waals surface area contributed by atoms with E-state index in [1.165, 1.54) is 0 Å². The van der Waals surface area contributed by atoms with E-state index in [-0.39, 0.29) is 17.2 Å². The second-order valence-corrected chi connectivity index (χ2v) is 19.1. The Balaban J connectivity index is 1.50. The van der Waals surface area contributed by atoms with Crippen LogP contribution in [0.15, 0.2) is 46.9 Å². The van der Waals surface area contributed by atoms with Crippen molar-refractivity contribution >= 4 is 37.4 Å². The second-order valence-electron chi connectivity index (χ2n) is 14.0. The van der Waals surface area contributed by atoms with E-state index in [2.05, 4.69) is 60.3 Å². The molecule has 4 rings (SSSR count). The molecular formula is C33H45ClN6O4Si. The van der Waals surface area contributed by atoms with Crippen LogP contribution in [-0.2, 0) is 9.16 Å². The van der Waals surface area contributed by atoms with Gasteiger partial charge in [-0.25, -0.2) is 4.79 Å². The number of carbonyl (C=O) groups excluding carboxylic acids is 1. The number of hydrogen-bond acceptors (Lipinski definition) is 9. The molecule has 1 saturated heterocycles. The first-order valence-corrected chi connectivity index (χ1v) is 18.6. The largest absolute Gasteiger partial charge is 0.444 e. The Bertz CT molecular complexity index is 1520. The minimum atomic E-state index is -2.14. The predicted octanol–water partition coefficient (Wildman–Crippen LogP) is 7.88. The summed E-state index contributed by atoms with van der Waals surface area (Å²) in [6, 6.07) is 14.8. The van der Waals surface area contributed by atoms with Crippen LogP contribution in [0.4, 0.5) is 16.2 Å². The number of nitrogens with zero attached hydrogens (tertiary/aromatic N) is 5. The van der Waals surface area contributed by atoms with Gasteiger partial charge in [-0.05, 0) is 88.3 Å². The second kappa shape index (κ2) is 13.4. The maximum Gasteiger partial charge on any atom is 0.410 e. The molecular weight excluding hydrogens is 608 g/mol. The molecule has 0 aliphatic carbocycles. The molecule has 242 valence electrons. The third kappa shape index (κ3) is 8.57. The molecule has 2 unspecified atom stereocenters. The molecule has 2 aromatic carbocycles. The van der Waals surface area contributed by atoms with Crippen LogP contribution in [0.1, 0.15) is 66.0 Å². The van der Waals surface area contributed by atoms with Crippen molar-refractivity contribution in [3.63, 3.8) is 0 Å². The Morgan fingerprint density at radius 2 is 1.69 bits per heavy atom. The fraction of sp³-hybridized carbons (Fsp3) is 0.515. The number of rotatable bonds is 8. The lowest BCUT2D eigenvalue weighted by Gasteiger charge is -2.40. The first kappa shape index (κ1) is 34.3. The van der Waals surface area contributed by atoms with Gasteiger partial charge >= 0.3 is 6.09 Å². The number of benzene rings is 2. The summed E-state index contributed by atoms with van der Waals surface area (Å²) in [6.07, 6.45) is -0.584. The van der Waals surface area contributed by atoms with Gasteiger partial charge in [0, 0.05) is 43.1 Å². The van der Waals surface area contributed by atoms with Gasteiger partial charge in [0.15, 0.2) is 8.32 Å². The fourth-order valence-electron chi connectivity index (χ4n) is 4.73. The number of nitriles is 1. The van der Waals surface area contributed by atoms with Gasteiger partial charge in [-0.3, -0.25) is 0 Å². The van der Waals surface area contributed by atoms with Gasteiger partial charge in [-0.15, -0.1) is 10.2 Å². The van der Waals surface area contributed by atoms with Gasteiger partial charge in [-0.2, -0.15) is 5.26 Å². The minimum absolute atomic E-state index is 0.00763. The topological polar surface area (TPSA) is 117 Å². The Morgan fingerprint density at radius 3 is 2.24 bits per heavy atom. The van der Waals surface area contributed by atoms with Crippen LogP contribution in [0, 0.1) is 11.3 Å². The van der Waals surface area contributed by atoms with E-state index in [4.69, 9.17) is 25.2 Å². The SMILES string of the molecule is CC(O[Si](C)(C)C(C)(C)C)C(Nc1ccc(C#N)c(Cl)c1)c1nnc(-c2ccc(N3CCN(C(=O)OC(C)(C)C)CC3)cc2)o1.